The summed E-state index contributed by atoms with van der Waals surface area (Å²) >= 11 is 0. The zero-order chi connectivity index (χ0) is 16.7. The first kappa shape index (κ1) is 14.7. The maximum atomic E-state index is 12.6. The van der Waals surface area contributed by atoms with Gasteiger partial charge in [0.05, 0.1) is 0 Å². The van der Waals surface area contributed by atoms with Gasteiger partial charge in [-0.15, -0.1) is 0 Å². The Hall–Kier alpha value is -2.88. The number of nitrogens with zero attached hydrogens (tertiary/aromatic N) is 1. The van der Waals surface area contributed by atoms with E-state index in [4.69, 9.17) is 0 Å². The summed E-state index contributed by atoms with van der Waals surface area (Å²) in [6, 6.07) is 14.7. The number of rotatable bonds is 3. The Bertz CT molecular complexity index is 919. The van der Waals surface area contributed by atoms with E-state index in [1.165, 1.54) is 18.1 Å². The van der Waals surface area contributed by atoms with Crippen molar-refractivity contribution in [2.45, 2.75) is 19.3 Å². The molecule has 0 radical (unpaired) electrons. The molecule has 0 spiro atoms. The van der Waals surface area contributed by atoms with Crippen molar-refractivity contribution >= 4 is 22.5 Å². The number of hydrogen-bond donors (Lipinski definition) is 2. The molecule has 4 nitrogen and oxygen atoms in total. The van der Waals surface area contributed by atoms with Crippen LogP contribution in [0, 0.1) is 5.92 Å². The molecule has 2 atom stereocenters. The molecule has 2 N–H and O–H groups in total. The average molecular weight is 318 g/mol. The molecule has 0 aliphatic heterocycles. The Morgan fingerprint density at radius 2 is 1.92 bits per heavy atom. The summed E-state index contributed by atoms with van der Waals surface area (Å²) in [6.07, 6.45) is 2.85. The molecule has 1 aromatic heterocycles. The Labute approximate surface area is 140 Å². The monoisotopic (exact) mass is 318 g/mol. The summed E-state index contributed by atoms with van der Waals surface area (Å²) in [5.41, 5.74) is 3.03. The molecule has 24 heavy (non-hydrogen) atoms. The summed E-state index contributed by atoms with van der Waals surface area (Å²) in [4.78, 5) is 16.7. The van der Waals surface area contributed by atoms with Crippen LogP contribution in [0.15, 0.2) is 54.7 Å². The summed E-state index contributed by atoms with van der Waals surface area (Å²) in [5, 5.41) is 13.4. The van der Waals surface area contributed by atoms with Crippen molar-refractivity contribution in [3.63, 3.8) is 0 Å². The molecular weight excluding hydrogens is 300 g/mol. The third-order valence-electron chi connectivity index (χ3n) is 4.70. The van der Waals surface area contributed by atoms with Gasteiger partial charge in [-0.1, -0.05) is 25.1 Å². The fourth-order valence-electron chi connectivity index (χ4n) is 3.15. The average Bonchev–Trinajstić information content (AvgIpc) is 3.33. The molecule has 0 bridgehead atoms. The number of hydrogen-bond acceptors (Lipinski definition) is 3. The molecule has 4 heteroatoms. The fraction of sp³-hybridized carbons (Fsp3) is 0.200. The Kier molecular flexibility index (Phi) is 3.45. The second kappa shape index (κ2) is 5.64. The van der Waals surface area contributed by atoms with Crippen molar-refractivity contribution in [2.24, 2.45) is 5.92 Å². The molecule has 1 aliphatic carbocycles. The number of phenolic OH excluding ortho intramolecular Hbond substituents is 1. The van der Waals surface area contributed by atoms with Gasteiger partial charge in [0.1, 0.15) is 11.3 Å². The van der Waals surface area contributed by atoms with Crippen molar-refractivity contribution in [1.29, 1.82) is 0 Å². The molecular formula is C20H18N2O2. The van der Waals surface area contributed by atoms with Crippen molar-refractivity contribution in [2.75, 3.05) is 5.32 Å². The van der Waals surface area contributed by atoms with E-state index in [9.17, 15) is 9.90 Å². The minimum absolute atomic E-state index is 0.0741. The van der Waals surface area contributed by atoms with Gasteiger partial charge in [0, 0.05) is 22.8 Å². The third kappa shape index (κ3) is 2.60. The van der Waals surface area contributed by atoms with Gasteiger partial charge in [-0.2, -0.15) is 0 Å². The minimum Gasteiger partial charge on any atom is -0.506 e. The predicted octanol–water partition coefficient (Wildman–Crippen LogP) is 4.32. The number of phenols is 1. The second-order valence-corrected chi connectivity index (χ2v) is 6.43. The van der Waals surface area contributed by atoms with Gasteiger partial charge >= 0.3 is 0 Å². The van der Waals surface area contributed by atoms with E-state index in [-0.39, 0.29) is 11.7 Å². The lowest BCUT2D eigenvalue weighted by molar-refractivity contribution is 0.102. The van der Waals surface area contributed by atoms with Crippen LogP contribution in [0.3, 0.4) is 0 Å². The number of carbonyl (C=O) groups is 1. The van der Waals surface area contributed by atoms with Crippen molar-refractivity contribution in [3.8, 4) is 5.75 Å². The number of amides is 1. The second-order valence-electron chi connectivity index (χ2n) is 6.43. The van der Waals surface area contributed by atoms with Gasteiger partial charge in [-0.25, -0.2) is 0 Å². The zero-order valence-electron chi connectivity index (χ0n) is 13.4. The van der Waals surface area contributed by atoms with E-state index in [1.54, 1.807) is 24.4 Å². The molecule has 1 amide bonds. The number of aromatic hydroxyl groups is 1. The highest BCUT2D eigenvalue weighted by Gasteiger charge is 2.33. The van der Waals surface area contributed by atoms with Crippen LogP contribution >= 0.6 is 0 Å². The maximum absolute atomic E-state index is 12.6. The molecule has 1 saturated carbocycles. The molecule has 2 aromatic carbocycles. The van der Waals surface area contributed by atoms with Gasteiger partial charge in [-0.3, -0.25) is 9.78 Å². The Morgan fingerprint density at radius 1 is 1.17 bits per heavy atom. The number of fused-ring (bicyclic) bond motifs is 1. The zero-order valence-corrected chi connectivity index (χ0v) is 13.4. The largest absolute Gasteiger partial charge is 0.506 e. The molecule has 1 aliphatic rings. The van der Waals surface area contributed by atoms with Gasteiger partial charge in [0.25, 0.3) is 5.91 Å². The SMILES string of the molecule is C[C@H]1C[C@@H]1c1ccc(NC(=O)c2ccc(O)c3ncccc23)cc1. The molecule has 0 unspecified atom stereocenters. The topological polar surface area (TPSA) is 62.2 Å². The van der Waals surface area contributed by atoms with Crippen molar-refractivity contribution in [1.82, 2.24) is 4.98 Å². The predicted molar refractivity (Wildman–Crippen MR) is 94.3 cm³/mol. The van der Waals surface area contributed by atoms with Crippen LogP contribution in [-0.4, -0.2) is 16.0 Å². The molecule has 120 valence electrons. The highest BCUT2D eigenvalue weighted by Crippen LogP contribution is 2.46. The lowest BCUT2D eigenvalue weighted by atomic mass is 10.1. The first-order chi connectivity index (χ1) is 11.6. The first-order valence-corrected chi connectivity index (χ1v) is 8.11. The highest BCUT2D eigenvalue weighted by molar-refractivity contribution is 6.13. The molecule has 3 aromatic rings. The van der Waals surface area contributed by atoms with E-state index in [0.717, 1.165) is 11.6 Å². The summed E-state index contributed by atoms with van der Waals surface area (Å²) in [5.74, 6) is 1.30. The molecule has 4 rings (SSSR count). The minimum atomic E-state index is -0.208. The Balaban J connectivity index is 1.59. The van der Waals surface area contributed by atoms with Crippen LogP contribution in [0.1, 0.15) is 35.2 Å². The smallest absolute Gasteiger partial charge is 0.256 e. The third-order valence-corrected chi connectivity index (χ3v) is 4.70. The number of aromatic nitrogens is 1. The highest BCUT2D eigenvalue weighted by atomic mass is 16.3. The van der Waals surface area contributed by atoms with Gasteiger partial charge in [0.2, 0.25) is 0 Å². The molecule has 0 saturated heterocycles. The van der Waals surface area contributed by atoms with Crippen molar-refractivity contribution in [3.05, 3.63) is 65.9 Å². The first-order valence-electron chi connectivity index (χ1n) is 8.11. The lowest BCUT2D eigenvalue weighted by Gasteiger charge is -2.09. The summed E-state index contributed by atoms with van der Waals surface area (Å²) in [6.45, 7) is 2.25. The molecule has 1 heterocycles. The van der Waals surface area contributed by atoms with Crippen LogP contribution in [0.5, 0.6) is 5.75 Å². The van der Waals surface area contributed by atoms with Crippen LogP contribution < -0.4 is 5.32 Å². The number of nitrogens with one attached hydrogen (secondary N) is 1. The number of carbonyl (C=O) groups excluding carboxylic acids is 1. The van der Waals surface area contributed by atoms with Gasteiger partial charge in [0.15, 0.2) is 0 Å². The van der Waals surface area contributed by atoms with Crippen LogP contribution in [0.4, 0.5) is 5.69 Å². The number of pyridine rings is 1. The number of anilines is 1. The van der Waals surface area contributed by atoms with Crippen LogP contribution in [0.25, 0.3) is 10.9 Å². The van der Waals surface area contributed by atoms with Gasteiger partial charge in [-0.05, 0) is 54.2 Å². The quantitative estimate of drug-likeness (QED) is 0.756. The van der Waals surface area contributed by atoms with Gasteiger partial charge < -0.3 is 10.4 Å². The van der Waals surface area contributed by atoms with E-state index in [1.807, 2.05) is 12.1 Å². The van der Waals surface area contributed by atoms with Crippen LogP contribution in [-0.2, 0) is 0 Å². The maximum Gasteiger partial charge on any atom is 0.256 e. The van der Waals surface area contributed by atoms with Crippen molar-refractivity contribution < 1.29 is 9.90 Å². The normalized spacial score (nSPS) is 19.2. The lowest BCUT2D eigenvalue weighted by Crippen LogP contribution is -2.12. The Morgan fingerprint density at radius 3 is 2.62 bits per heavy atom. The van der Waals surface area contributed by atoms with E-state index in [2.05, 4.69) is 29.4 Å². The van der Waals surface area contributed by atoms with Crippen LogP contribution in [0.2, 0.25) is 0 Å². The van der Waals surface area contributed by atoms with E-state index in [0.29, 0.717) is 22.4 Å². The van der Waals surface area contributed by atoms with E-state index < -0.39 is 0 Å². The standard InChI is InChI=1S/C20H18N2O2/c1-12-11-17(12)13-4-6-14(7-5-13)22-20(24)16-8-9-18(23)19-15(16)3-2-10-21-19/h2-10,12,17,23H,11H2,1H3,(H,22,24)/t12-,17-/m0/s1. The summed E-state index contributed by atoms with van der Waals surface area (Å²) in [7, 11) is 0. The molecule has 1 fully saturated rings. The fourth-order valence-corrected chi connectivity index (χ4v) is 3.15. The summed E-state index contributed by atoms with van der Waals surface area (Å²) < 4.78 is 0. The van der Waals surface area contributed by atoms with E-state index >= 15 is 0 Å². The number of benzene rings is 2.